The van der Waals surface area contributed by atoms with Crippen LogP contribution < -0.4 is 14.3 Å². The number of hydrogen-bond donors (Lipinski definition) is 1. The van der Waals surface area contributed by atoms with Gasteiger partial charge >= 0.3 is 12.5 Å². The van der Waals surface area contributed by atoms with Crippen LogP contribution in [0.1, 0.15) is 0 Å². The molecule has 0 saturated carbocycles. The van der Waals surface area contributed by atoms with Gasteiger partial charge in [0.15, 0.2) is 11.5 Å². The van der Waals surface area contributed by atoms with Crippen LogP contribution in [-0.2, 0) is 0 Å². The number of ether oxygens (including phenoxy) is 2. The first kappa shape index (κ1) is 10.2. The van der Waals surface area contributed by atoms with Crippen molar-refractivity contribution >= 4 is 17.5 Å². The van der Waals surface area contributed by atoms with Gasteiger partial charge in [-0.25, -0.2) is 0 Å². The van der Waals surface area contributed by atoms with Gasteiger partial charge in [0.25, 0.3) is 0 Å². The SMILES string of the molecule is FC1Oc2cc(NCl)ccc2OC1(F)F. The third-order valence-electron chi connectivity index (χ3n) is 1.79. The lowest BCUT2D eigenvalue weighted by atomic mass is 10.2. The number of halogens is 4. The summed E-state index contributed by atoms with van der Waals surface area (Å²) in [4.78, 5) is 2.24. The van der Waals surface area contributed by atoms with E-state index in [0.29, 0.717) is 5.69 Å². The summed E-state index contributed by atoms with van der Waals surface area (Å²) in [6, 6.07) is 3.85. The second-order valence-corrected chi connectivity index (χ2v) is 3.04. The van der Waals surface area contributed by atoms with Crippen LogP contribution in [0.5, 0.6) is 11.5 Å². The van der Waals surface area contributed by atoms with E-state index in [4.69, 9.17) is 11.8 Å². The Hall–Kier alpha value is -1.30. The minimum absolute atomic E-state index is 0.126. The monoisotopic (exact) mass is 239 g/mol. The smallest absolute Gasteiger partial charge is 0.447 e. The van der Waals surface area contributed by atoms with Crippen molar-refractivity contribution in [3.05, 3.63) is 18.2 Å². The Balaban J connectivity index is 2.37. The highest BCUT2D eigenvalue weighted by Gasteiger charge is 2.49. The van der Waals surface area contributed by atoms with E-state index < -0.39 is 12.5 Å². The zero-order valence-corrected chi connectivity index (χ0v) is 7.89. The fraction of sp³-hybridized carbons (Fsp3) is 0.250. The van der Waals surface area contributed by atoms with Gasteiger partial charge < -0.3 is 9.47 Å². The molecule has 1 heterocycles. The molecule has 0 aliphatic carbocycles. The highest BCUT2D eigenvalue weighted by Crippen LogP contribution is 2.41. The van der Waals surface area contributed by atoms with Gasteiger partial charge in [-0.05, 0) is 12.1 Å². The molecule has 0 fully saturated rings. The summed E-state index contributed by atoms with van der Waals surface area (Å²) >= 11 is 5.27. The summed E-state index contributed by atoms with van der Waals surface area (Å²) in [5.41, 5.74) is 0.386. The van der Waals surface area contributed by atoms with E-state index in [1.54, 1.807) is 0 Å². The lowest BCUT2D eigenvalue weighted by Gasteiger charge is -2.28. The predicted molar refractivity (Wildman–Crippen MR) is 47.0 cm³/mol. The number of anilines is 1. The maximum absolute atomic E-state index is 12.7. The predicted octanol–water partition coefficient (Wildman–Crippen LogP) is 2.91. The Kier molecular flexibility index (Phi) is 2.30. The summed E-state index contributed by atoms with van der Waals surface area (Å²) < 4.78 is 46.6. The van der Waals surface area contributed by atoms with Gasteiger partial charge in [-0.15, -0.1) is 0 Å². The number of hydrogen-bond acceptors (Lipinski definition) is 3. The van der Waals surface area contributed by atoms with Gasteiger partial charge in [-0.1, -0.05) is 0 Å². The molecule has 1 N–H and O–H groups in total. The molecule has 0 aromatic heterocycles. The van der Waals surface area contributed by atoms with Gasteiger partial charge in [0, 0.05) is 17.8 Å². The summed E-state index contributed by atoms with van der Waals surface area (Å²) in [6.07, 6.45) is -6.79. The molecule has 3 nitrogen and oxygen atoms in total. The number of fused-ring (bicyclic) bond motifs is 1. The molecule has 1 aromatic rings. The second-order valence-electron chi connectivity index (χ2n) is 2.85. The summed E-state index contributed by atoms with van der Waals surface area (Å²) in [7, 11) is 0. The molecule has 1 unspecified atom stereocenters. The molecule has 15 heavy (non-hydrogen) atoms. The second kappa shape index (κ2) is 3.37. The molecule has 0 spiro atoms. The fourth-order valence-electron chi connectivity index (χ4n) is 1.12. The normalized spacial score (nSPS) is 22.3. The van der Waals surface area contributed by atoms with Crippen LogP contribution in [0.15, 0.2) is 18.2 Å². The van der Waals surface area contributed by atoms with Crippen LogP contribution in [0.3, 0.4) is 0 Å². The van der Waals surface area contributed by atoms with Crippen LogP contribution in [0, 0.1) is 0 Å². The summed E-state index contributed by atoms with van der Waals surface area (Å²) in [5.74, 6) is -0.358. The molecule has 0 radical (unpaired) electrons. The third kappa shape index (κ3) is 1.77. The highest BCUT2D eigenvalue weighted by atomic mass is 35.5. The van der Waals surface area contributed by atoms with E-state index in [1.165, 1.54) is 18.2 Å². The third-order valence-corrected chi connectivity index (χ3v) is 2.01. The van der Waals surface area contributed by atoms with Crippen LogP contribution in [-0.4, -0.2) is 12.5 Å². The number of alkyl halides is 3. The topological polar surface area (TPSA) is 30.5 Å². The van der Waals surface area contributed by atoms with Gasteiger partial charge in [0.2, 0.25) is 0 Å². The Morgan fingerprint density at radius 1 is 1.33 bits per heavy atom. The number of nitrogens with one attached hydrogen (secondary N) is 1. The number of rotatable bonds is 1. The quantitative estimate of drug-likeness (QED) is 0.765. The van der Waals surface area contributed by atoms with E-state index in [0.717, 1.165) is 0 Å². The molecular formula is C8H5ClF3NO2. The van der Waals surface area contributed by atoms with Crippen molar-refractivity contribution in [3.8, 4) is 11.5 Å². The fourth-order valence-corrected chi connectivity index (χ4v) is 1.23. The average Bonchev–Trinajstić information content (AvgIpc) is 2.19. The Morgan fingerprint density at radius 2 is 2.07 bits per heavy atom. The maximum atomic E-state index is 12.7. The van der Waals surface area contributed by atoms with E-state index >= 15 is 0 Å². The minimum atomic E-state index is -3.97. The maximum Gasteiger partial charge on any atom is 0.468 e. The zero-order chi connectivity index (χ0) is 11.1. The van der Waals surface area contributed by atoms with Gasteiger partial charge in [0.05, 0.1) is 5.69 Å². The Morgan fingerprint density at radius 3 is 2.73 bits per heavy atom. The molecule has 1 aromatic carbocycles. The van der Waals surface area contributed by atoms with Crippen LogP contribution in [0.2, 0.25) is 0 Å². The van der Waals surface area contributed by atoms with E-state index in [-0.39, 0.29) is 11.5 Å². The van der Waals surface area contributed by atoms with Gasteiger partial charge in [-0.3, -0.25) is 4.84 Å². The first-order chi connectivity index (χ1) is 7.03. The largest absolute Gasteiger partial charge is 0.468 e. The Bertz CT molecular complexity index is 388. The minimum Gasteiger partial charge on any atom is -0.447 e. The summed E-state index contributed by atoms with van der Waals surface area (Å²) in [6.45, 7) is 0. The standard InChI is InChI=1S/C8H5ClF3NO2/c9-13-4-1-2-5-6(3-4)14-7(10)8(11,12)15-5/h1-3,7,13H. The molecule has 0 bridgehead atoms. The van der Waals surface area contributed by atoms with Crippen molar-refractivity contribution in [2.24, 2.45) is 0 Å². The van der Waals surface area contributed by atoms with E-state index in [2.05, 4.69) is 14.3 Å². The van der Waals surface area contributed by atoms with E-state index in [9.17, 15) is 13.2 Å². The zero-order valence-electron chi connectivity index (χ0n) is 7.14. The molecular weight excluding hydrogens is 235 g/mol. The van der Waals surface area contributed by atoms with Crippen molar-refractivity contribution in [3.63, 3.8) is 0 Å². The average molecular weight is 240 g/mol. The molecule has 1 atom stereocenters. The molecule has 2 rings (SSSR count). The van der Waals surface area contributed by atoms with Crippen molar-refractivity contribution in [1.82, 2.24) is 0 Å². The van der Waals surface area contributed by atoms with Crippen molar-refractivity contribution < 1.29 is 22.6 Å². The first-order valence-corrected chi connectivity index (χ1v) is 4.29. The van der Waals surface area contributed by atoms with Crippen LogP contribution >= 0.6 is 11.8 Å². The highest BCUT2D eigenvalue weighted by molar-refractivity contribution is 6.24. The van der Waals surface area contributed by atoms with Gasteiger partial charge in [0.1, 0.15) is 0 Å². The van der Waals surface area contributed by atoms with Crippen LogP contribution in [0.4, 0.5) is 18.9 Å². The van der Waals surface area contributed by atoms with Gasteiger partial charge in [-0.2, -0.15) is 13.2 Å². The van der Waals surface area contributed by atoms with Crippen LogP contribution in [0.25, 0.3) is 0 Å². The molecule has 1 aliphatic rings. The molecule has 82 valence electrons. The van der Waals surface area contributed by atoms with E-state index in [1.807, 2.05) is 0 Å². The molecule has 1 aliphatic heterocycles. The Labute approximate surface area is 87.8 Å². The number of benzene rings is 1. The van der Waals surface area contributed by atoms with Crippen molar-refractivity contribution in [2.75, 3.05) is 4.84 Å². The van der Waals surface area contributed by atoms with Crippen molar-refractivity contribution in [2.45, 2.75) is 12.5 Å². The molecule has 0 saturated heterocycles. The first-order valence-electron chi connectivity index (χ1n) is 3.91. The lowest BCUT2D eigenvalue weighted by Crippen LogP contribution is -2.43. The lowest BCUT2D eigenvalue weighted by molar-refractivity contribution is -0.281. The molecule has 0 amide bonds. The summed E-state index contributed by atoms with van der Waals surface area (Å²) in [5, 5.41) is 0. The molecule has 7 heteroatoms. The van der Waals surface area contributed by atoms with Crippen molar-refractivity contribution in [1.29, 1.82) is 0 Å².